The van der Waals surface area contributed by atoms with Gasteiger partial charge in [-0.2, -0.15) is 5.10 Å². The van der Waals surface area contributed by atoms with Crippen LogP contribution in [0.5, 0.6) is 5.88 Å². The summed E-state index contributed by atoms with van der Waals surface area (Å²) in [7, 11) is 0. The molecule has 3 heterocycles. The quantitative estimate of drug-likeness (QED) is 0.666. The van der Waals surface area contributed by atoms with E-state index in [0.29, 0.717) is 31.3 Å². The van der Waals surface area contributed by atoms with Crippen LogP contribution in [0.1, 0.15) is 16.2 Å². The number of amides is 1. The van der Waals surface area contributed by atoms with Crippen LogP contribution in [0.15, 0.2) is 42.6 Å². The van der Waals surface area contributed by atoms with Crippen molar-refractivity contribution in [1.29, 1.82) is 0 Å². The number of aromatic nitrogens is 4. The summed E-state index contributed by atoms with van der Waals surface area (Å²) >= 11 is 0. The summed E-state index contributed by atoms with van der Waals surface area (Å²) in [5, 5.41) is 7.97. The summed E-state index contributed by atoms with van der Waals surface area (Å²) < 4.78 is 5.63. The van der Waals surface area contributed by atoms with Crippen molar-refractivity contribution in [2.24, 2.45) is 0 Å². The van der Waals surface area contributed by atoms with E-state index in [1.54, 1.807) is 6.20 Å². The van der Waals surface area contributed by atoms with E-state index >= 15 is 0 Å². The first kappa shape index (κ1) is 18.2. The molecule has 2 aromatic heterocycles. The molecule has 1 aromatic carbocycles. The van der Waals surface area contributed by atoms with E-state index < -0.39 is 0 Å². The maximum atomic E-state index is 12.7. The van der Waals surface area contributed by atoms with E-state index in [9.17, 15) is 4.79 Å². The molecule has 0 saturated carbocycles. The lowest BCUT2D eigenvalue weighted by molar-refractivity contribution is 0.0613. The van der Waals surface area contributed by atoms with E-state index in [2.05, 4.69) is 25.1 Å². The van der Waals surface area contributed by atoms with Gasteiger partial charge in [0, 0.05) is 38.8 Å². The molecule has 1 amide bonds. The van der Waals surface area contributed by atoms with Crippen LogP contribution >= 0.6 is 0 Å². The molecule has 28 heavy (non-hydrogen) atoms. The highest BCUT2D eigenvalue weighted by Gasteiger charge is 2.23. The van der Waals surface area contributed by atoms with Gasteiger partial charge in [0.15, 0.2) is 0 Å². The molecule has 8 heteroatoms. The van der Waals surface area contributed by atoms with Crippen molar-refractivity contribution in [2.75, 3.05) is 39.3 Å². The molecule has 4 rings (SSSR count). The molecule has 0 N–H and O–H groups in total. The summed E-state index contributed by atoms with van der Waals surface area (Å²) in [5.74, 6) is 0.471. The fourth-order valence-electron chi connectivity index (χ4n) is 3.14. The summed E-state index contributed by atoms with van der Waals surface area (Å²) in [6.07, 6.45) is 1.56. The van der Waals surface area contributed by atoms with Crippen molar-refractivity contribution >= 4 is 16.9 Å². The minimum Gasteiger partial charge on any atom is -0.475 e. The van der Waals surface area contributed by atoms with E-state index in [1.807, 2.05) is 48.2 Å². The second kappa shape index (κ2) is 8.26. The second-order valence-corrected chi connectivity index (χ2v) is 6.74. The Balaban J connectivity index is 1.27. The first-order valence-corrected chi connectivity index (χ1v) is 9.35. The highest BCUT2D eigenvalue weighted by molar-refractivity contribution is 5.93. The molecule has 1 fully saturated rings. The molecular formula is C20H22N6O2. The lowest BCUT2D eigenvalue weighted by Crippen LogP contribution is -2.49. The molecular weight excluding hydrogens is 356 g/mol. The number of fused-ring (bicyclic) bond motifs is 1. The number of benzene rings is 1. The smallest absolute Gasteiger partial charge is 0.274 e. The number of nitrogens with zero attached hydrogens (tertiary/aromatic N) is 6. The largest absolute Gasteiger partial charge is 0.475 e. The Morgan fingerprint density at radius 2 is 1.82 bits per heavy atom. The normalized spacial score (nSPS) is 15.0. The molecule has 8 nitrogen and oxygen atoms in total. The van der Waals surface area contributed by atoms with Gasteiger partial charge in [0.25, 0.3) is 5.91 Å². The Hall–Kier alpha value is -3.13. The van der Waals surface area contributed by atoms with E-state index in [1.165, 1.54) is 0 Å². The Bertz CT molecular complexity index is 954. The van der Waals surface area contributed by atoms with Gasteiger partial charge < -0.3 is 9.64 Å². The number of carbonyl (C=O) groups excluding carboxylic acids is 1. The number of hydrogen-bond acceptors (Lipinski definition) is 7. The highest BCUT2D eigenvalue weighted by Crippen LogP contribution is 2.12. The summed E-state index contributed by atoms with van der Waals surface area (Å²) in [6, 6.07) is 11.3. The molecule has 0 aliphatic carbocycles. The van der Waals surface area contributed by atoms with Crippen LogP contribution in [0.3, 0.4) is 0 Å². The summed E-state index contributed by atoms with van der Waals surface area (Å²) in [6.45, 7) is 6.15. The van der Waals surface area contributed by atoms with Crippen LogP contribution in [-0.4, -0.2) is 75.2 Å². The zero-order valence-electron chi connectivity index (χ0n) is 15.8. The molecule has 144 valence electrons. The first-order valence-electron chi connectivity index (χ1n) is 9.35. The monoisotopic (exact) mass is 378 g/mol. The van der Waals surface area contributed by atoms with Gasteiger partial charge in [-0.05, 0) is 25.1 Å². The van der Waals surface area contributed by atoms with Crippen LogP contribution in [-0.2, 0) is 0 Å². The van der Waals surface area contributed by atoms with Crippen molar-refractivity contribution in [3.8, 4) is 5.88 Å². The van der Waals surface area contributed by atoms with E-state index in [-0.39, 0.29) is 5.91 Å². The Morgan fingerprint density at radius 1 is 1.04 bits per heavy atom. The van der Waals surface area contributed by atoms with Gasteiger partial charge in [0.05, 0.1) is 22.9 Å². The standard InChI is InChI=1S/C20H22N6O2/c1-15-6-7-19(24-23-15)28-13-12-25-8-10-26(11-9-25)20(27)18-14-21-16-4-2-3-5-17(16)22-18/h2-7,14H,8-13H2,1H3. The fourth-order valence-corrected chi connectivity index (χ4v) is 3.14. The molecule has 0 bridgehead atoms. The van der Waals surface area contributed by atoms with Gasteiger partial charge in [-0.25, -0.2) is 4.98 Å². The summed E-state index contributed by atoms with van der Waals surface area (Å²) in [5.41, 5.74) is 2.79. The van der Waals surface area contributed by atoms with Crippen molar-refractivity contribution in [2.45, 2.75) is 6.92 Å². The van der Waals surface area contributed by atoms with Crippen molar-refractivity contribution in [1.82, 2.24) is 30.0 Å². The molecule has 1 aliphatic rings. The maximum Gasteiger partial charge on any atom is 0.274 e. The zero-order valence-corrected chi connectivity index (χ0v) is 15.8. The highest BCUT2D eigenvalue weighted by atomic mass is 16.5. The van der Waals surface area contributed by atoms with E-state index in [0.717, 1.165) is 36.4 Å². The number of aryl methyl sites for hydroxylation is 1. The van der Waals surface area contributed by atoms with Gasteiger partial charge in [-0.3, -0.25) is 14.7 Å². The fraction of sp³-hybridized carbons (Fsp3) is 0.350. The van der Waals surface area contributed by atoms with Gasteiger partial charge in [-0.1, -0.05) is 12.1 Å². The Kier molecular flexibility index (Phi) is 5.38. The summed E-state index contributed by atoms with van der Waals surface area (Å²) in [4.78, 5) is 25.6. The number of ether oxygens (including phenoxy) is 1. The average Bonchev–Trinajstić information content (AvgIpc) is 2.75. The van der Waals surface area contributed by atoms with Crippen molar-refractivity contribution in [3.63, 3.8) is 0 Å². The first-order chi connectivity index (χ1) is 13.7. The van der Waals surface area contributed by atoms with Crippen molar-refractivity contribution in [3.05, 3.63) is 54.0 Å². The SMILES string of the molecule is Cc1ccc(OCCN2CCN(C(=O)c3cnc4ccccc4n3)CC2)nn1. The minimum absolute atomic E-state index is 0.0657. The van der Waals surface area contributed by atoms with Crippen LogP contribution in [0.4, 0.5) is 0 Å². The van der Waals surface area contributed by atoms with Crippen LogP contribution in [0.25, 0.3) is 11.0 Å². The third-order valence-electron chi connectivity index (χ3n) is 4.76. The third-order valence-corrected chi connectivity index (χ3v) is 4.76. The Morgan fingerprint density at radius 3 is 2.57 bits per heavy atom. The topological polar surface area (TPSA) is 84.3 Å². The van der Waals surface area contributed by atoms with Gasteiger partial charge in [-0.15, -0.1) is 5.10 Å². The molecule has 0 spiro atoms. The number of rotatable bonds is 5. The predicted molar refractivity (Wildman–Crippen MR) is 104 cm³/mol. The predicted octanol–water partition coefficient (Wildman–Crippen LogP) is 1.57. The molecule has 0 unspecified atom stereocenters. The second-order valence-electron chi connectivity index (χ2n) is 6.74. The minimum atomic E-state index is -0.0657. The Labute approximate surface area is 163 Å². The lowest BCUT2D eigenvalue weighted by atomic mass is 10.2. The maximum absolute atomic E-state index is 12.7. The number of para-hydroxylation sites is 2. The molecule has 0 atom stereocenters. The van der Waals surface area contributed by atoms with Gasteiger partial charge in [0.1, 0.15) is 12.3 Å². The van der Waals surface area contributed by atoms with Crippen LogP contribution in [0.2, 0.25) is 0 Å². The number of hydrogen-bond donors (Lipinski definition) is 0. The van der Waals surface area contributed by atoms with Gasteiger partial charge >= 0.3 is 0 Å². The molecule has 3 aromatic rings. The molecule has 1 aliphatic heterocycles. The van der Waals surface area contributed by atoms with Crippen LogP contribution < -0.4 is 4.74 Å². The molecule has 0 radical (unpaired) electrons. The average molecular weight is 378 g/mol. The third kappa shape index (κ3) is 4.23. The van der Waals surface area contributed by atoms with Gasteiger partial charge in [0.2, 0.25) is 5.88 Å². The van der Waals surface area contributed by atoms with Crippen molar-refractivity contribution < 1.29 is 9.53 Å². The molecule has 1 saturated heterocycles. The lowest BCUT2D eigenvalue weighted by Gasteiger charge is -2.34. The zero-order chi connectivity index (χ0) is 19.3. The van der Waals surface area contributed by atoms with Crippen LogP contribution in [0, 0.1) is 6.92 Å². The van der Waals surface area contributed by atoms with E-state index in [4.69, 9.17) is 4.74 Å². The number of carbonyl (C=O) groups is 1. The number of piperazine rings is 1.